The molecule has 24 heavy (non-hydrogen) atoms. The number of quaternary nitrogens is 1. The number of aromatic nitrogens is 3. The summed E-state index contributed by atoms with van der Waals surface area (Å²) >= 11 is 0. The monoisotopic (exact) mass is 337 g/mol. The van der Waals surface area contributed by atoms with Gasteiger partial charge in [-0.25, -0.2) is 9.50 Å². The highest BCUT2D eigenvalue weighted by atomic mass is 19.4. The lowest BCUT2D eigenvalue weighted by Gasteiger charge is -2.07. The summed E-state index contributed by atoms with van der Waals surface area (Å²) in [6.07, 6.45) is -4.27. The second kappa shape index (κ2) is 5.79. The van der Waals surface area contributed by atoms with E-state index in [4.69, 9.17) is 0 Å². The third-order valence-corrected chi connectivity index (χ3v) is 3.85. The summed E-state index contributed by atoms with van der Waals surface area (Å²) in [7, 11) is 0. The van der Waals surface area contributed by atoms with Crippen molar-refractivity contribution in [2.45, 2.75) is 19.5 Å². The molecule has 0 aliphatic rings. The molecule has 2 aromatic heterocycles. The zero-order valence-electron chi connectivity index (χ0n) is 12.9. The van der Waals surface area contributed by atoms with Gasteiger partial charge in [0.15, 0.2) is 5.65 Å². The topological polar surface area (TPSA) is 77.8 Å². The first-order chi connectivity index (χ1) is 11.3. The zero-order valence-corrected chi connectivity index (χ0v) is 12.9. The van der Waals surface area contributed by atoms with Gasteiger partial charge < -0.3 is 5.73 Å². The fourth-order valence-electron chi connectivity index (χ4n) is 2.76. The largest absolute Gasteiger partial charge is 0.433 e. The SMILES string of the molecule is Cc1nc2c(-c3ccccc3)c(C(F)(F)F)[nH]n2c(=O)c1CC[NH3+]. The van der Waals surface area contributed by atoms with Gasteiger partial charge >= 0.3 is 6.18 Å². The Morgan fingerprint density at radius 3 is 2.50 bits per heavy atom. The van der Waals surface area contributed by atoms with Gasteiger partial charge in [0.2, 0.25) is 0 Å². The van der Waals surface area contributed by atoms with E-state index in [2.05, 4.69) is 15.8 Å². The van der Waals surface area contributed by atoms with Crippen LogP contribution in [-0.4, -0.2) is 21.1 Å². The quantitative estimate of drug-likeness (QED) is 0.764. The molecule has 0 aliphatic heterocycles. The van der Waals surface area contributed by atoms with Crippen LogP contribution in [0.1, 0.15) is 17.0 Å². The number of benzene rings is 1. The minimum Gasteiger partial charge on any atom is -0.357 e. The summed E-state index contributed by atoms with van der Waals surface area (Å²) in [6, 6.07) is 8.11. The first-order valence-electron chi connectivity index (χ1n) is 7.40. The van der Waals surface area contributed by atoms with Gasteiger partial charge in [0.05, 0.1) is 12.1 Å². The smallest absolute Gasteiger partial charge is 0.357 e. The van der Waals surface area contributed by atoms with E-state index in [1.54, 1.807) is 37.3 Å². The molecular formula is C16H16F3N4O+. The normalized spacial score (nSPS) is 12.0. The molecule has 0 aliphatic carbocycles. The molecule has 1 aromatic carbocycles. The minimum atomic E-state index is -4.63. The summed E-state index contributed by atoms with van der Waals surface area (Å²) in [4.78, 5) is 16.8. The second-order valence-electron chi connectivity index (χ2n) is 5.47. The summed E-state index contributed by atoms with van der Waals surface area (Å²) in [5.74, 6) is 0. The summed E-state index contributed by atoms with van der Waals surface area (Å²) in [5.41, 5.74) is 3.18. The van der Waals surface area contributed by atoms with Crippen LogP contribution in [-0.2, 0) is 12.6 Å². The standard InChI is InChI=1S/C16H15F3N4O/c1-9-11(7-8-20)15(24)23-14(21-9)12(10-5-3-2-4-6-10)13(22-23)16(17,18)19/h2-6,22H,7-8,20H2,1H3/p+1. The van der Waals surface area contributed by atoms with Gasteiger partial charge in [0.25, 0.3) is 5.56 Å². The van der Waals surface area contributed by atoms with Crippen LogP contribution in [0.4, 0.5) is 13.2 Å². The van der Waals surface area contributed by atoms with E-state index in [1.807, 2.05) is 0 Å². The number of nitrogens with one attached hydrogen (secondary N) is 1. The number of alkyl halides is 3. The number of hydrogen-bond donors (Lipinski definition) is 2. The molecule has 0 atom stereocenters. The molecule has 0 spiro atoms. The van der Waals surface area contributed by atoms with E-state index in [0.29, 0.717) is 29.8 Å². The van der Waals surface area contributed by atoms with Gasteiger partial charge in [-0.2, -0.15) is 13.2 Å². The van der Waals surface area contributed by atoms with Crippen molar-refractivity contribution < 1.29 is 18.9 Å². The number of aryl methyl sites for hydroxylation is 1. The average Bonchev–Trinajstić information content (AvgIpc) is 2.92. The maximum Gasteiger partial charge on any atom is 0.433 e. The van der Waals surface area contributed by atoms with Crippen molar-refractivity contribution in [1.29, 1.82) is 0 Å². The Labute approximate surface area is 134 Å². The predicted molar refractivity (Wildman–Crippen MR) is 82.4 cm³/mol. The highest BCUT2D eigenvalue weighted by Gasteiger charge is 2.38. The van der Waals surface area contributed by atoms with E-state index in [1.165, 1.54) is 0 Å². The third kappa shape index (κ3) is 2.58. The Bertz CT molecular complexity index is 942. The molecule has 0 saturated carbocycles. The van der Waals surface area contributed by atoms with Crippen molar-refractivity contribution in [1.82, 2.24) is 14.6 Å². The lowest BCUT2D eigenvalue weighted by atomic mass is 10.1. The predicted octanol–water partition coefficient (Wildman–Crippen LogP) is 1.80. The number of aromatic amines is 1. The molecule has 0 amide bonds. The van der Waals surface area contributed by atoms with Gasteiger partial charge in [-0.05, 0) is 12.5 Å². The van der Waals surface area contributed by atoms with Crippen molar-refractivity contribution in [3.8, 4) is 11.1 Å². The van der Waals surface area contributed by atoms with Crippen LogP contribution in [0.3, 0.4) is 0 Å². The van der Waals surface area contributed by atoms with Crippen molar-refractivity contribution >= 4 is 5.65 Å². The first-order valence-corrected chi connectivity index (χ1v) is 7.40. The summed E-state index contributed by atoms with van der Waals surface area (Å²) in [5, 5.41) is 2.19. The molecule has 126 valence electrons. The van der Waals surface area contributed by atoms with Gasteiger partial charge in [0, 0.05) is 17.7 Å². The van der Waals surface area contributed by atoms with Crippen LogP contribution in [0, 0.1) is 6.92 Å². The second-order valence-corrected chi connectivity index (χ2v) is 5.47. The number of hydrogen-bond acceptors (Lipinski definition) is 2. The number of fused-ring (bicyclic) bond motifs is 1. The van der Waals surface area contributed by atoms with E-state index >= 15 is 0 Å². The first kappa shape index (κ1) is 16.3. The number of nitrogens with zero attached hydrogens (tertiary/aromatic N) is 2. The highest BCUT2D eigenvalue weighted by molar-refractivity contribution is 5.80. The van der Waals surface area contributed by atoms with Gasteiger partial charge in [0.1, 0.15) is 5.69 Å². The molecule has 2 heterocycles. The Balaban J connectivity index is 2.43. The molecule has 0 radical (unpaired) electrons. The summed E-state index contributed by atoms with van der Waals surface area (Å²) < 4.78 is 41.3. The summed E-state index contributed by atoms with van der Waals surface area (Å²) in [6.45, 7) is 2.09. The number of halogens is 3. The molecule has 4 N–H and O–H groups in total. The van der Waals surface area contributed by atoms with E-state index in [-0.39, 0.29) is 11.2 Å². The van der Waals surface area contributed by atoms with Gasteiger partial charge in [-0.1, -0.05) is 30.3 Å². The molecule has 0 fully saturated rings. The maximum absolute atomic E-state index is 13.5. The number of H-pyrrole nitrogens is 1. The van der Waals surface area contributed by atoms with Gasteiger partial charge in [-0.15, -0.1) is 0 Å². The molecule has 0 bridgehead atoms. The van der Waals surface area contributed by atoms with Crippen LogP contribution in [0.5, 0.6) is 0 Å². The molecule has 5 nitrogen and oxygen atoms in total. The van der Waals surface area contributed by atoms with E-state index in [0.717, 1.165) is 4.52 Å². The zero-order chi connectivity index (χ0) is 17.5. The van der Waals surface area contributed by atoms with Crippen LogP contribution < -0.4 is 11.3 Å². The molecule has 3 aromatic rings. The van der Waals surface area contributed by atoms with Crippen LogP contribution in [0.15, 0.2) is 35.1 Å². The Morgan fingerprint density at radius 2 is 1.92 bits per heavy atom. The Morgan fingerprint density at radius 1 is 1.25 bits per heavy atom. The average molecular weight is 337 g/mol. The lowest BCUT2D eigenvalue weighted by Crippen LogP contribution is -2.51. The fraction of sp³-hybridized carbons (Fsp3) is 0.250. The number of rotatable bonds is 3. The fourth-order valence-corrected chi connectivity index (χ4v) is 2.76. The van der Waals surface area contributed by atoms with Crippen LogP contribution in [0.25, 0.3) is 16.8 Å². The van der Waals surface area contributed by atoms with E-state index < -0.39 is 17.4 Å². The maximum atomic E-state index is 13.5. The molecule has 0 unspecified atom stereocenters. The Kier molecular flexibility index (Phi) is 3.92. The third-order valence-electron chi connectivity index (χ3n) is 3.85. The van der Waals surface area contributed by atoms with Crippen LogP contribution >= 0.6 is 0 Å². The Hall–Kier alpha value is -2.61. The van der Waals surface area contributed by atoms with Crippen molar-refractivity contribution in [2.75, 3.05) is 6.54 Å². The van der Waals surface area contributed by atoms with Crippen molar-refractivity contribution in [3.63, 3.8) is 0 Å². The molecule has 8 heteroatoms. The van der Waals surface area contributed by atoms with Crippen molar-refractivity contribution in [2.24, 2.45) is 0 Å². The molecule has 3 rings (SSSR count). The van der Waals surface area contributed by atoms with Gasteiger partial charge in [-0.3, -0.25) is 9.89 Å². The highest BCUT2D eigenvalue weighted by Crippen LogP contribution is 2.38. The molecular weight excluding hydrogens is 321 g/mol. The van der Waals surface area contributed by atoms with Crippen molar-refractivity contribution in [3.05, 3.63) is 57.6 Å². The molecule has 0 saturated heterocycles. The van der Waals surface area contributed by atoms with E-state index in [9.17, 15) is 18.0 Å². The lowest BCUT2D eigenvalue weighted by molar-refractivity contribution is -0.366. The minimum absolute atomic E-state index is 0.0242. The van der Waals surface area contributed by atoms with Crippen LogP contribution in [0.2, 0.25) is 0 Å².